The molecule has 0 atom stereocenters. The maximum atomic E-state index is 12.4. The van der Waals surface area contributed by atoms with E-state index < -0.39 is 0 Å². The van der Waals surface area contributed by atoms with Gasteiger partial charge < -0.3 is 20.1 Å². The fraction of sp³-hybridized carbons (Fsp3) is 0.235. The third-order valence-corrected chi connectivity index (χ3v) is 3.95. The van der Waals surface area contributed by atoms with Gasteiger partial charge in [-0.3, -0.25) is 14.4 Å². The first-order valence-corrected chi connectivity index (χ1v) is 7.63. The Morgan fingerprint density at radius 1 is 1.08 bits per heavy atom. The van der Waals surface area contributed by atoms with Crippen LogP contribution in [-0.4, -0.2) is 59.2 Å². The highest BCUT2D eigenvalue weighted by molar-refractivity contribution is 6.04. The van der Waals surface area contributed by atoms with Crippen LogP contribution in [0, 0.1) is 0 Å². The predicted molar refractivity (Wildman–Crippen MR) is 88.7 cm³/mol. The molecular weight excluding hydrogens is 308 g/mol. The van der Waals surface area contributed by atoms with Gasteiger partial charge in [0.15, 0.2) is 0 Å². The number of hydrogen-bond donors (Lipinski definition) is 2. The first kappa shape index (κ1) is 15.8. The van der Waals surface area contributed by atoms with Gasteiger partial charge in [0, 0.05) is 25.7 Å². The Labute approximate surface area is 139 Å². The standard InChI is InChI=1S/C17H18N4O3/c1-20-9-10-21(11-15(20)22)17(24)13-7-8-14(18-13)19-16(23)12-5-3-2-4-6-12/h2-8,18H,9-11H2,1H3,(H,19,23). The minimum atomic E-state index is -0.258. The summed E-state index contributed by atoms with van der Waals surface area (Å²) in [6.07, 6.45) is 0. The van der Waals surface area contributed by atoms with E-state index in [2.05, 4.69) is 10.3 Å². The highest BCUT2D eigenvalue weighted by atomic mass is 16.2. The molecule has 1 aromatic carbocycles. The molecule has 1 aliphatic heterocycles. The number of piperazine rings is 1. The second-order valence-corrected chi connectivity index (χ2v) is 5.65. The van der Waals surface area contributed by atoms with Gasteiger partial charge in [-0.25, -0.2) is 0 Å². The molecule has 0 saturated carbocycles. The summed E-state index contributed by atoms with van der Waals surface area (Å²) < 4.78 is 0. The van der Waals surface area contributed by atoms with Gasteiger partial charge in [-0.1, -0.05) is 18.2 Å². The van der Waals surface area contributed by atoms with Gasteiger partial charge in [0.25, 0.3) is 11.8 Å². The van der Waals surface area contributed by atoms with Gasteiger partial charge >= 0.3 is 0 Å². The summed E-state index contributed by atoms with van der Waals surface area (Å²) in [5, 5.41) is 2.71. The number of benzene rings is 1. The van der Waals surface area contributed by atoms with Crippen LogP contribution in [0.5, 0.6) is 0 Å². The van der Waals surface area contributed by atoms with E-state index >= 15 is 0 Å². The van der Waals surface area contributed by atoms with Crippen LogP contribution < -0.4 is 5.32 Å². The van der Waals surface area contributed by atoms with Crippen LogP contribution in [0.25, 0.3) is 0 Å². The Morgan fingerprint density at radius 3 is 2.54 bits per heavy atom. The number of likely N-dealkylation sites (N-methyl/N-ethyl adjacent to an activating group) is 1. The molecule has 1 aromatic heterocycles. The van der Waals surface area contributed by atoms with E-state index in [1.54, 1.807) is 48.3 Å². The molecule has 3 rings (SSSR count). The van der Waals surface area contributed by atoms with Gasteiger partial charge in [0.1, 0.15) is 18.1 Å². The first-order chi connectivity index (χ1) is 11.5. The second-order valence-electron chi connectivity index (χ2n) is 5.65. The number of aromatic amines is 1. The van der Waals surface area contributed by atoms with Crippen molar-refractivity contribution in [1.82, 2.24) is 14.8 Å². The number of carbonyl (C=O) groups excluding carboxylic acids is 3. The van der Waals surface area contributed by atoms with E-state index in [-0.39, 0.29) is 24.3 Å². The van der Waals surface area contributed by atoms with Crippen molar-refractivity contribution in [3.05, 3.63) is 53.7 Å². The number of H-pyrrole nitrogens is 1. The summed E-state index contributed by atoms with van der Waals surface area (Å²) in [7, 11) is 1.72. The Balaban J connectivity index is 1.66. The van der Waals surface area contributed by atoms with Crippen LogP contribution in [0.4, 0.5) is 5.82 Å². The van der Waals surface area contributed by atoms with Crippen LogP contribution >= 0.6 is 0 Å². The van der Waals surface area contributed by atoms with E-state index in [1.165, 1.54) is 4.90 Å². The number of amides is 3. The Kier molecular flexibility index (Phi) is 4.33. The van der Waals surface area contributed by atoms with Gasteiger partial charge in [-0.2, -0.15) is 0 Å². The summed E-state index contributed by atoms with van der Waals surface area (Å²) in [6.45, 7) is 1.08. The monoisotopic (exact) mass is 326 g/mol. The van der Waals surface area contributed by atoms with Gasteiger partial charge in [-0.05, 0) is 24.3 Å². The quantitative estimate of drug-likeness (QED) is 0.888. The number of aromatic nitrogens is 1. The van der Waals surface area contributed by atoms with Crippen molar-refractivity contribution in [2.75, 3.05) is 32.0 Å². The van der Waals surface area contributed by atoms with Gasteiger partial charge in [-0.15, -0.1) is 0 Å². The van der Waals surface area contributed by atoms with Crippen molar-refractivity contribution in [2.45, 2.75) is 0 Å². The van der Waals surface area contributed by atoms with E-state index in [0.29, 0.717) is 30.2 Å². The zero-order valence-corrected chi connectivity index (χ0v) is 13.3. The number of nitrogens with one attached hydrogen (secondary N) is 2. The molecule has 0 spiro atoms. The van der Waals surface area contributed by atoms with Gasteiger partial charge in [0.05, 0.1) is 0 Å². The number of carbonyl (C=O) groups is 3. The third-order valence-electron chi connectivity index (χ3n) is 3.95. The Hall–Kier alpha value is -3.09. The molecule has 1 fully saturated rings. The summed E-state index contributed by atoms with van der Waals surface area (Å²) in [5.74, 6) is -0.158. The largest absolute Gasteiger partial charge is 0.342 e. The topological polar surface area (TPSA) is 85.5 Å². The zero-order chi connectivity index (χ0) is 17.1. The van der Waals surface area contributed by atoms with Crippen LogP contribution in [0.3, 0.4) is 0 Å². The average Bonchev–Trinajstić information content (AvgIpc) is 3.06. The maximum Gasteiger partial charge on any atom is 0.270 e. The van der Waals surface area contributed by atoms with E-state index in [9.17, 15) is 14.4 Å². The summed E-state index contributed by atoms with van der Waals surface area (Å²) >= 11 is 0. The third kappa shape index (κ3) is 3.29. The molecule has 124 valence electrons. The Morgan fingerprint density at radius 2 is 1.83 bits per heavy atom. The van der Waals surface area contributed by atoms with Gasteiger partial charge in [0.2, 0.25) is 5.91 Å². The molecule has 2 N–H and O–H groups in total. The summed E-state index contributed by atoms with van der Waals surface area (Å²) in [4.78, 5) is 42.2. The van der Waals surface area contributed by atoms with Crippen molar-refractivity contribution < 1.29 is 14.4 Å². The maximum absolute atomic E-state index is 12.4. The SMILES string of the molecule is CN1CCN(C(=O)c2ccc(NC(=O)c3ccccc3)[nH]2)CC1=O. The molecule has 2 heterocycles. The zero-order valence-electron chi connectivity index (χ0n) is 13.3. The molecule has 7 nitrogen and oxygen atoms in total. The van der Waals surface area contributed by atoms with Crippen molar-refractivity contribution in [3.63, 3.8) is 0 Å². The smallest absolute Gasteiger partial charge is 0.270 e. The predicted octanol–water partition coefficient (Wildman–Crippen LogP) is 1.18. The molecule has 24 heavy (non-hydrogen) atoms. The van der Waals surface area contributed by atoms with E-state index in [0.717, 1.165) is 0 Å². The molecule has 1 aliphatic rings. The molecule has 0 unspecified atom stereocenters. The number of nitrogens with zero attached hydrogens (tertiary/aromatic N) is 2. The molecule has 0 aliphatic carbocycles. The normalized spacial score (nSPS) is 14.6. The first-order valence-electron chi connectivity index (χ1n) is 7.63. The van der Waals surface area contributed by atoms with Crippen LogP contribution in [0.15, 0.2) is 42.5 Å². The molecule has 3 amide bonds. The minimum Gasteiger partial charge on any atom is -0.342 e. The molecular formula is C17H18N4O3. The van der Waals surface area contributed by atoms with Crippen molar-refractivity contribution >= 4 is 23.5 Å². The van der Waals surface area contributed by atoms with Crippen molar-refractivity contribution in [1.29, 1.82) is 0 Å². The van der Waals surface area contributed by atoms with Crippen molar-refractivity contribution in [2.24, 2.45) is 0 Å². The molecule has 1 saturated heterocycles. The Bertz CT molecular complexity index is 769. The highest BCUT2D eigenvalue weighted by Gasteiger charge is 2.26. The number of anilines is 1. The second kappa shape index (κ2) is 6.57. The number of rotatable bonds is 3. The fourth-order valence-electron chi connectivity index (χ4n) is 2.48. The fourth-order valence-corrected chi connectivity index (χ4v) is 2.48. The molecule has 2 aromatic rings. The highest BCUT2D eigenvalue weighted by Crippen LogP contribution is 2.13. The van der Waals surface area contributed by atoms with Crippen molar-refractivity contribution in [3.8, 4) is 0 Å². The summed E-state index contributed by atoms with van der Waals surface area (Å²) in [5.41, 5.74) is 0.875. The lowest BCUT2D eigenvalue weighted by Crippen LogP contribution is -2.50. The number of hydrogen-bond acceptors (Lipinski definition) is 3. The van der Waals surface area contributed by atoms with Crippen LogP contribution in [-0.2, 0) is 4.79 Å². The molecule has 0 radical (unpaired) electrons. The average molecular weight is 326 g/mol. The van der Waals surface area contributed by atoms with E-state index in [4.69, 9.17) is 0 Å². The van der Waals surface area contributed by atoms with E-state index in [1.807, 2.05) is 6.07 Å². The lowest BCUT2D eigenvalue weighted by molar-refractivity contribution is -0.133. The lowest BCUT2D eigenvalue weighted by atomic mass is 10.2. The van der Waals surface area contributed by atoms with Crippen LogP contribution in [0.2, 0.25) is 0 Å². The lowest BCUT2D eigenvalue weighted by Gasteiger charge is -2.31. The minimum absolute atomic E-state index is 0.0695. The molecule has 0 bridgehead atoms. The summed E-state index contributed by atoms with van der Waals surface area (Å²) in [6, 6.07) is 12.0. The van der Waals surface area contributed by atoms with Crippen LogP contribution in [0.1, 0.15) is 20.8 Å². The molecule has 7 heteroatoms.